The summed E-state index contributed by atoms with van der Waals surface area (Å²) in [6.07, 6.45) is 0.252. The average molecular weight is 573 g/mol. The lowest BCUT2D eigenvalue weighted by Crippen LogP contribution is -2.42. The maximum absolute atomic E-state index is 15.9. The van der Waals surface area contributed by atoms with Crippen LogP contribution in [0.5, 0.6) is 17.2 Å². The highest BCUT2D eigenvalue weighted by Crippen LogP contribution is 2.51. The van der Waals surface area contributed by atoms with Crippen molar-refractivity contribution in [2.45, 2.75) is 26.3 Å². The number of aromatic hydroxyl groups is 1. The summed E-state index contributed by atoms with van der Waals surface area (Å²) >= 11 is 6.16. The normalized spacial score (nSPS) is 19.4. The number of aliphatic hydroxyl groups is 1. The summed E-state index contributed by atoms with van der Waals surface area (Å²) in [5.74, 6) is -1.78. The molecule has 3 N–H and O–H groups in total. The highest BCUT2D eigenvalue weighted by atomic mass is 35.5. The number of anilines is 2. The first-order valence-electron chi connectivity index (χ1n) is 12.1. The number of nitrogens with one attached hydrogen (secondary N) is 1. The van der Waals surface area contributed by atoms with Gasteiger partial charge in [-0.05, 0) is 48.2 Å². The third kappa shape index (κ3) is 4.95. The summed E-state index contributed by atoms with van der Waals surface area (Å²) in [6, 6.07) is 13.4. The smallest absolute Gasteiger partial charge is 0.253 e. The van der Waals surface area contributed by atoms with Crippen LogP contribution in [0.1, 0.15) is 31.9 Å². The highest BCUT2D eigenvalue weighted by Gasteiger charge is 2.47. The Morgan fingerprint density at radius 1 is 1.18 bits per heavy atom. The van der Waals surface area contributed by atoms with E-state index in [0.29, 0.717) is 10.8 Å². The number of phenols is 1. The van der Waals surface area contributed by atoms with E-state index < -0.39 is 39.6 Å². The molecule has 204 valence electrons. The molecule has 0 saturated carbocycles. The molecule has 0 aliphatic carbocycles. The molecule has 5 rings (SSSR count). The zero-order valence-electron chi connectivity index (χ0n) is 21.1. The monoisotopic (exact) mass is 572 g/mol. The lowest BCUT2D eigenvalue weighted by molar-refractivity contribution is -0.121. The Hall–Kier alpha value is -3.60. The van der Waals surface area contributed by atoms with Gasteiger partial charge in [0, 0.05) is 17.3 Å². The Morgan fingerprint density at radius 3 is 2.62 bits per heavy atom. The van der Waals surface area contributed by atoms with Gasteiger partial charge in [0.25, 0.3) is 5.91 Å². The molecule has 3 aromatic carbocycles. The van der Waals surface area contributed by atoms with E-state index in [4.69, 9.17) is 16.3 Å². The number of hydrogen-bond acceptors (Lipinski definition) is 7. The van der Waals surface area contributed by atoms with Crippen LogP contribution in [-0.2, 0) is 14.6 Å². The van der Waals surface area contributed by atoms with E-state index in [2.05, 4.69) is 5.32 Å². The van der Waals surface area contributed by atoms with Crippen LogP contribution >= 0.6 is 11.6 Å². The number of allylic oxidation sites excluding steroid dienone is 1. The molecule has 0 spiro atoms. The minimum absolute atomic E-state index is 0.0845. The summed E-state index contributed by atoms with van der Waals surface area (Å²) < 4.78 is 49.2. The maximum Gasteiger partial charge on any atom is 0.253 e. The van der Waals surface area contributed by atoms with Crippen molar-refractivity contribution in [2.24, 2.45) is 5.41 Å². The number of halogens is 2. The van der Waals surface area contributed by atoms with E-state index >= 15 is 4.39 Å². The van der Waals surface area contributed by atoms with Crippen LogP contribution in [0, 0.1) is 11.2 Å². The molecule has 0 fully saturated rings. The van der Waals surface area contributed by atoms with Crippen molar-refractivity contribution in [3.8, 4) is 17.2 Å². The lowest BCUT2D eigenvalue weighted by Gasteiger charge is -2.37. The summed E-state index contributed by atoms with van der Waals surface area (Å²) in [5, 5.41) is 23.9. The third-order valence-corrected chi connectivity index (χ3v) is 9.28. The molecule has 0 saturated heterocycles. The van der Waals surface area contributed by atoms with Crippen LogP contribution in [0.4, 0.5) is 15.8 Å². The Labute approximate surface area is 230 Å². The van der Waals surface area contributed by atoms with E-state index in [-0.39, 0.29) is 51.2 Å². The molecular formula is C28H26ClFN2O6S. The van der Waals surface area contributed by atoms with Crippen LogP contribution in [0.2, 0.25) is 5.02 Å². The van der Waals surface area contributed by atoms with Gasteiger partial charge in [-0.15, -0.1) is 0 Å². The maximum atomic E-state index is 15.9. The van der Waals surface area contributed by atoms with Crippen LogP contribution < -0.4 is 15.0 Å². The molecule has 2 aliphatic heterocycles. The number of aliphatic hydroxyl groups excluding tert-OH is 1. The first-order valence-corrected chi connectivity index (χ1v) is 14.1. The van der Waals surface area contributed by atoms with Crippen LogP contribution in [0.3, 0.4) is 0 Å². The summed E-state index contributed by atoms with van der Waals surface area (Å²) in [7, 11) is -4.05. The minimum Gasteiger partial charge on any atom is -0.506 e. The van der Waals surface area contributed by atoms with Crippen LogP contribution in [0.25, 0.3) is 0 Å². The number of phenolic OH excluding ortho intramolecular Hbond substituents is 1. The molecule has 0 bridgehead atoms. The summed E-state index contributed by atoms with van der Waals surface area (Å²) in [6.45, 7) is 2.61. The average Bonchev–Trinajstić information content (AvgIpc) is 2.99. The number of nitrogens with zero attached hydrogens (tertiary/aromatic N) is 1. The van der Waals surface area contributed by atoms with Gasteiger partial charge in [0.2, 0.25) is 0 Å². The van der Waals surface area contributed by atoms with Crippen LogP contribution in [0.15, 0.2) is 71.3 Å². The van der Waals surface area contributed by atoms with E-state index in [0.717, 1.165) is 11.0 Å². The number of para-hydroxylation sites is 2. The van der Waals surface area contributed by atoms with Gasteiger partial charge in [-0.25, -0.2) is 12.8 Å². The molecule has 11 heteroatoms. The molecule has 1 amide bonds. The van der Waals surface area contributed by atoms with Gasteiger partial charge in [-0.3, -0.25) is 9.69 Å². The molecule has 39 heavy (non-hydrogen) atoms. The van der Waals surface area contributed by atoms with E-state index in [9.17, 15) is 23.4 Å². The topological polar surface area (TPSA) is 116 Å². The number of carbonyl (C=O) groups is 1. The van der Waals surface area contributed by atoms with E-state index in [1.165, 1.54) is 30.3 Å². The zero-order valence-corrected chi connectivity index (χ0v) is 22.7. The number of benzene rings is 3. The Kier molecular flexibility index (Phi) is 6.82. The number of rotatable bonds is 4. The number of amides is 1. The van der Waals surface area contributed by atoms with Crippen molar-refractivity contribution in [1.82, 2.24) is 0 Å². The number of fused-ring (bicyclic) bond motifs is 1. The fraction of sp³-hybridized carbons (Fsp3) is 0.250. The second kappa shape index (κ2) is 9.86. The SMILES string of the molecule is CC1(C)CC2=C(C(c3ccc(Oc4ccccc4Cl)cc3F)N(C(=O)CO)c3cccc(O)c3N2)S(=O)(=O)C1. The van der Waals surface area contributed by atoms with Gasteiger partial charge in [-0.2, -0.15) is 0 Å². The van der Waals surface area contributed by atoms with E-state index in [1.807, 2.05) is 0 Å². The quantitative estimate of drug-likeness (QED) is 0.352. The van der Waals surface area contributed by atoms with Crippen molar-refractivity contribution in [1.29, 1.82) is 0 Å². The first-order chi connectivity index (χ1) is 18.4. The van der Waals surface area contributed by atoms with E-state index in [1.54, 1.807) is 38.1 Å². The van der Waals surface area contributed by atoms with Crippen molar-refractivity contribution >= 4 is 38.7 Å². The molecule has 3 aromatic rings. The van der Waals surface area contributed by atoms with Gasteiger partial charge in [0.1, 0.15) is 41.4 Å². The minimum atomic E-state index is -4.05. The number of sulfone groups is 1. The fourth-order valence-corrected chi connectivity index (χ4v) is 7.72. The second-order valence-electron chi connectivity index (χ2n) is 10.3. The van der Waals surface area contributed by atoms with Crippen molar-refractivity contribution < 1.29 is 32.6 Å². The molecule has 2 aliphatic rings. The number of carbonyl (C=O) groups excluding carboxylic acids is 1. The Bertz CT molecular complexity index is 1620. The molecule has 8 nitrogen and oxygen atoms in total. The van der Waals surface area contributed by atoms with Crippen molar-refractivity contribution in [2.75, 3.05) is 22.6 Å². The predicted octanol–water partition coefficient (Wildman–Crippen LogP) is 5.53. The van der Waals surface area contributed by atoms with Crippen molar-refractivity contribution in [3.05, 3.63) is 87.7 Å². The highest BCUT2D eigenvalue weighted by molar-refractivity contribution is 7.95. The lowest BCUT2D eigenvalue weighted by atomic mass is 9.88. The summed E-state index contributed by atoms with van der Waals surface area (Å²) in [4.78, 5) is 14.1. The van der Waals surface area contributed by atoms with Gasteiger partial charge in [-0.1, -0.05) is 43.6 Å². The number of ether oxygens (including phenoxy) is 1. The molecule has 1 atom stereocenters. The van der Waals surface area contributed by atoms with Gasteiger partial charge in [0.15, 0.2) is 9.84 Å². The third-order valence-electron chi connectivity index (χ3n) is 6.67. The molecule has 0 aromatic heterocycles. The first kappa shape index (κ1) is 27.0. The fourth-order valence-electron chi connectivity index (χ4n) is 5.18. The van der Waals surface area contributed by atoms with Crippen molar-refractivity contribution in [3.63, 3.8) is 0 Å². The Balaban J connectivity index is 1.74. The molecular weight excluding hydrogens is 547 g/mol. The largest absolute Gasteiger partial charge is 0.506 e. The number of hydrogen-bond donors (Lipinski definition) is 3. The molecule has 0 radical (unpaired) electrons. The van der Waals surface area contributed by atoms with Gasteiger partial charge >= 0.3 is 0 Å². The second-order valence-corrected chi connectivity index (χ2v) is 12.6. The zero-order chi connectivity index (χ0) is 28.1. The molecule has 2 heterocycles. The van der Waals surface area contributed by atoms with Gasteiger partial charge in [0.05, 0.1) is 21.4 Å². The standard InChI is InChI=1S/C28H26ClFN2O6S/c1-28(2)13-20-27(39(36,37)15-28)26(32(24(35)14-33)21-7-5-8-22(34)25(21)31-20)17-11-10-16(12-19(17)30)38-23-9-4-3-6-18(23)29/h3-12,26,31,33-34H,13-15H2,1-2H3. The summed E-state index contributed by atoms with van der Waals surface area (Å²) in [5.41, 5.74) is -0.389. The predicted molar refractivity (Wildman–Crippen MR) is 146 cm³/mol. The molecule has 1 unspecified atom stereocenters. The van der Waals surface area contributed by atoms with Crippen LogP contribution in [-0.4, -0.2) is 36.9 Å². The Morgan fingerprint density at radius 2 is 1.92 bits per heavy atom. The van der Waals surface area contributed by atoms with Gasteiger partial charge < -0.3 is 20.3 Å².